The molecule has 0 aliphatic carbocycles. The van der Waals surface area contributed by atoms with Crippen LogP contribution >= 0.6 is 37.4 Å². The molecule has 2 heterocycles. The van der Waals surface area contributed by atoms with E-state index in [9.17, 15) is 0 Å². The van der Waals surface area contributed by atoms with E-state index in [4.69, 9.17) is 24.5 Å². The van der Waals surface area contributed by atoms with Gasteiger partial charge >= 0.3 is 0 Å². The zero-order chi connectivity index (χ0) is 15.4. The molecule has 2 saturated heterocycles. The Balaban J connectivity index is 2.35. The predicted molar refractivity (Wildman–Crippen MR) is 107 cm³/mol. The monoisotopic (exact) mass is 352 g/mol. The van der Waals surface area contributed by atoms with Crippen LogP contribution in [0.15, 0.2) is 0 Å². The van der Waals surface area contributed by atoms with Crippen molar-refractivity contribution in [3.63, 3.8) is 0 Å². The highest BCUT2D eigenvalue weighted by molar-refractivity contribution is 8.55. The smallest absolute Gasteiger partial charge is 0.0250 e. The van der Waals surface area contributed by atoms with Gasteiger partial charge in [-0.2, -0.15) is 0 Å². The van der Waals surface area contributed by atoms with Gasteiger partial charge in [0.25, 0.3) is 0 Å². The van der Waals surface area contributed by atoms with E-state index in [0.29, 0.717) is 10.3 Å². The predicted octanol–water partition coefficient (Wildman–Crippen LogP) is 6.63. The van der Waals surface area contributed by atoms with Gasteiger partial charge in [0, 0.05) is 24.5 Å². The minimum Gasteiger partial charge on any atom is -0.0250 e. The van der Waals surface area contributed by atoms with Gasteiger partial charge in [0.2, 0.25) is 0 Å². The van der Waals surface area contributed by atoms with Crippen LogP contribution in [0.5, 0.6) is 0 Å². The molecule has 2 unspecified atom stereocenters. The summed E-state index contributed by atoms with van der Waals surface area (Å²) in [5, 5.41) is 0.798. The van der Waals surface area contributed by atoms with Crippen LogP contribution in [0.25, 0.3) is 0 Å². The summed E-state index contributed by atoms with van der Waals surface area (Å²) in [6.45, 7) is 12.4. The molecule has 0 spiro atoms. The average molecular weight is 353 g/mol. The largest absolute Gasteiger partial charge is 0.117 e. The van der Waals surface area contributed by atoms with Crippen LogP contribution in [0.4, 0.5) is 0 Å². The molecule has 2 aliphatic rings. The molecule has 0 aromatic heterocycles. The average Bonchev–Trinajstić information content (AvgIpc) is 2.81. The van der Waals surface area contributed by atoms with E-state index in [0.717, 1.165) is 11.3 Å². The Kier molecular flexibility index (Phi) is 4.99. The first-order chi connectivity index (χ1) is 8.93. The second kappa shape index (κ2) is 5.58. The quantitative estimate of drug-likeness (QED) is 0.384. The zero-order valence-corrected chi connectivity index (χ0v) is 17.8. The molecule has 2 aliphatic heterocycles. The summed E-state index contributed by atoms with van der Waals surface area (Å²) in [6, 6.07) is 0. The Hall–Kier alpha value is 1.56. The van der Waals surface area contributed by atoms with Crippen molar-refractivity contribution in [2.45, 2.75) is 88.9 Å². The molecule has 0 bridgehead atoms. The molecule has 0 aromatic rings. The number of rotatable bonds is 1. The lowest BCUT2D eigenvalue weighted by molar-refractivity contribution is 0.669. The maximum atomic E-state index is 5.40. The highest BCUT2D eigenvalue weighted by Crippen LogP contribution is 2.88. The second-order valence-corrected chi connectivity index (χ2v) is 21.4. The summed E-state index contributed by atoms with van der Waals surface area (Å²) in [5.41, 5.74) is 1.77. The normalized spacial score (nSPS) is 43.2. The van der Waals surface area contributed by atoms with Crippen LogP contribution in [0.1, 0.15) is 67.2 Å². The van der Waals surface area contributed by atoms with Gasteiger partial charge in [-0.25, -0.2) is 0 Å². The van der Waals surface area contributed by atoms with Crippen molar-refractivity contribution < 1.29 is 0 Å². The summed E-state index contributed by atoms with van der Waals surface area (Å²) in [4.78, 5) is 0. The van der Waals surface area contributed by atoms with Crippen LogP contribution in [0, 0.1) is 0 Å². The van der Waals surface area contributed by atoms with Crippen LogP contribution in [0.3, 0.4) is 0 Å². The third kappa shape index (κ3) is 2.74. The van der Waals surface area contributed by atoms with Crippen LogP contribution < -0.4 is 0 Å². The van der Waals surface area contributed by atoms with E-state index < -0.39 is 12.9 Å². The van der Waals surface area contributed by atoms with Crippen LogP contribution in [0.2, 0.25) is 0 Å². The lowest BCUT2D eigenvalue weighted by atomic mass is 10.1. The van der Waals surface area contributed by atoms with Gasteiger partial charge in [-0.3, -0.25) is 0 Å². The van der Waals surface area contributed by atoms with Gasteiger partial charge in [-0.05, 0) is 67.2 Å². The van der Waals surface area contributed by atoms with Gasteiger partial charge in [-0.15, -0.1) is 0 Å². The van der Waals surface area contributed by atoms with Gasteiger partial charge in [0.05, 0.1) is 35.6 Å². The Bertz CT molecular complexity index is 336. The van der Waals surface area contributed by atoms with Crippen LogP contribution in [-0.2, 0) is 0 Å². The minimum absolute atomic E-state index is 0.399. The van der Waals surface area contributed by atoms with Crippen LogP contribution in [-0.4, -0.2) is 34.0 Å². The first-order valence-electron chi connectivity index (χ1n) is 8.15. The van der Waals surface area contributed by atoms with Gasteiger partial charge < -0.3 is 0 Å². The van der Waals surface area contributed by atoms with Crippen molar-refractivity contribution in [1.29, 1.82) is 0 Å². The van der Waals surface area contributed by atoms with Crippen molar-refractivity contribution in [1.82, 2.24) is 0 Å². The standard InChI is InChI=1S/C16H34P2S2/c1-15(2,3)17(19)11-7-9-13(17)14-10-8-12-18(14,20)16(4,5)6/h13-14,19-20H,7-12H2,1-6H3/q+2/t13-,14-,17?,18?/m1/s1. The molecule has 0 aromatic carbocycles. The number of hydrogen-bond donors (Lipinski definition) is 2. The molecule has 0 N–H and O–H groups in total. The molecular weight excluding hydrogens is 318 g/mol. The highest BCUT2D eigenvalue weighted by atomic mass is 32.7. The fourth-order valence-electron chi connectivity index (χ4n) is 4.46. The van der Waals surface area contributed by atoms with Crippen molar-refractivity contribution in [3.8, 4) is 0 Å². The molecule has 0 nitrogen and oxygen atoms in total. The molecule has 2 rings (SSSR count). The van der Waals surface area contributed by atoms with E-state index >= 15 is 0 Å². The molecule has 118 valence electrons. The third-order valence-electron chi connectivity index (χ3n) is 5.86. The summed E-state index contributed by atoms with van der Waals surface area (Å²) in [6.07, 6.45) is 8.48. The summed E-state index contributed by atoms with van der Waals surface area (Å²) < 4.78 is 0. The molecule has 0 saturated carbocycles. The van der Waals surface area contributed by atoms with E-state index in [-0.39, 0.29) is 0 Å². The fraction of sp³-hybridized carbons (Fsp3) is 1.00. The van der Waals surface area contributed by atoms with Gasteiger partial charge in [0.1, 0.15) is 11.3 Å². The fourth-order valence-corrected chi connectivity index (χ4v) is 16.9. The Morgan fingerprint density at radius 3 is 1.25 bits per heavy atom. The number of thiol groups is 2. The van der Waals surface area contributed by atoms with E-state index in [1.54, 1.807) is 0 Å². The van der Waals surface area contributed by atoms with E-state index in [2.05, 4.69) is 41.5 Å². The van der Waals surface area contributed by atoms with E-state index in [1.807, 2.05) is 0 Å². The number of hydrogen-bond acceptors (Lipinski definition) is 2. The maximum absolute atomic E-state index is 5.40. The minimum atomic E-state index is -1.14. The lowest BCUT2D eigenvalue weighted by Crippen LogP contribution is -2.35. The summed E-state index contributed by atoms with van der Waals surface area (Å²) in [5.74, 6) is 0. The zero-order valence-electron chi connectivity index (χ0n) is 14.2. The van der Waals surface area contributed by atoms with E-state index in [1.165, 1.54) is 38.0 Å². The summed E-state index contributed by atoms with van der Waals surface area (Å²) >= 11 is 10.8. The summed E-state index contributed by atoms with van der Waals surface area (Å²) in [7, 11) is 0. The molecule has 4 atom stereocenters. The topological polar surface area (TPSA) is 0 Å². The van der Waals surface area contributed by atoms with Crippen molar-refractivity contribution in [3.05, 3.63) is 0 Å². The highest BCUT2D eigenvalue weighted by Gasteiger charge is 2.67. The SMILES string of the molecule is CC(C)(C)[P+]1(S)CCC[C@@H]1[C@H]1CCC[P+]1(S)C(C)(C)C. The molecular formula is C16H34P2S2+2. The molecule has 20 heavy (non-hydrogen) atoms. The van der Waals surface area contributed by atoms with Gasteiger partial charge in [-0.1, -0.05) is 0 Å². The third-order valence-corrected chi connectivity index (χ3v) is 22.8. The van der Waals surface area contributed by atoms with Crippen molar-refractivity contribution in [2.75, 3.05) is 12.3 Å². The van der Waals surface area contributed by atoms with Crippen molar-refractivity contribution in [2.24, 2.45) is 0 Å². The lowest BCUT2D eigenvalue weighted by Gasteiger charge is -2.42. The Morgan fingerprint density at radius 1 is 0.700 bits per heavy atom. The second-order valence-electron chi connectivity index (χ2n) is 8.86. The first-order valence-corrected chi connectivity index (χ1v) is 14.5. The molecule has 0 amide bonds. The maximum Gasteiger partial charge on any atom is 0.117 e. The van der Waals surface area contributed by atoms with Gasteiger partial charge in [0.15, 0.2) is 0 Å². The Labute approximate surface area is 138 Å². The molecule has 4 heteroatoms. The molecule has 0 radical (unpaired) electrons. The first kappa shape index (κ1) is 17.9. The Morgan fingerprint density at radius 2 is 1.00 bits per heavy atom. The molecule has 2 fully saturated rings. The van der Waals surface area contributed by atoms with Crippen molar-refractivity contribution >= 4 is 37.4 Å².